The van der Waals surface area contributed by atoms with Crippen LogP contribution in [0.1, 0.15) is 43.0 Å². The third-order valence-electron chi connectivity index (χ3n) is 9.72. The summed E-state index contributed by atoms with van der Waals surface area (Å²) in [7, 11) is 3.22. The second-order valence-corrected chi connectivity index (χ2v) is 14.5. The van der Waals surface area contributed by atoms with Crippen molar-refractivity contribution in [2.24, 2.45) is 0 Å². The van der Waals surface area contributed by atoms with Gasteiger partial charge in [0.25, 0.3) is 0 Å². The van der Waals surface area contributed by atoms with Gasteiger partial charge in [0.05, 0.1) is 14.2 Å². The SMILES string of the molecule is COc1cccc(CC(=O)c2ccc3c(Cl)nnc(NCc4ccccc4)c3c2)c1.COc1cccc(CC(=O)c2ccc3c(NCc4ccccc4)nnc(Cl)c3c2)c1. The molecule has 0 aliphatic carbocycles. The number of hydrogen-bond donors (Lipinski definition) is 2. The van der Waals surface area contributed by atoms with Gasteiger partial charge in [0.15, 0.2) is 33.5 Å². The molecule has 10 nitrogen and oxygen atoms in total. The predicted molar refractivity (Wildman–Crippen MR) is 239 cm³/mol. The summed E-state index contributed by atoms with van der Waals surface area (Å²) in [5.41, 5.74) is 5.21. The average Bonchev–Trinajstić information content (AvgIpc) is 3.29. The Bertz CT molecular complexity index is 2770. The van der Waals surface area contributed by atoms with Gasteiger partial charge in [0, 0.05) is 58.6 Å². The molecule has 60 heavy (non-hydrogen) atoms. The first kappa shape index (κ1) is 41.3. The molecule has 0 fully saturated rings. The lowest BCUT2D eigenvalue weighted by Crippen LogP contribution is -2.06. The lowest BCUT2D eigenvalue weighted by Gasteiger charge is -2.11. The summed E-state index contributed by atoms with van der Waals surface area (Å²) in [5.74, 6) is 2.68. The quantitative estimate of drug-likeness (QED) is 0.102. The molecule has 8 rings (SSSR count). The molecular formula is C48H40Cl2N6O4. The number of benzene rings is 6. The zero-order chi connectivity index (χ0) is 41.8. The normalized spacial score (nSPS) is 10.7. The monoisotopic (exact) mass is 834 g/mol. The van der Waals surface area contributed by atoms with Crippen LogP contribution in [0.3, 0.4) is 0 Å². The van der Waals surface area contributed by atoms with Crippen molar-refractivity contribution in [1.29, 1.82) is 0 Å². The van der Waals surface area contributed by atoms with Crippen LogP contribution < -0.4 is 20.1 Å². The highest BCUT2D eigenvalue weighted by molar-refractivity contribution is 6.35. The maximum absolute atomic E-state index is 12.9. The molecule has 0 amide bonds. The van der Waals surface area contributed by atoms with Crippen molar-refractivity contribution in [2.75, 3.05) is 24.9 Å². The van der Waals surface area contributed by atoms with Gasteiger partial charge in [0.1, 0.15) is 11.5 Å². The molecule has 0 spiro atoms. The Balaban J connectivity index is 0.000000181. The fourth-order valence-corrected chi connectivity index (χ4v) is 6.95. The second kappa shape index (κ2) is 19.7. The Hall–Kier alpha value is -6.88. The zero-order valence-corrected chi connectivity index (χ0v) is 34.4. The average molecular weight is 836 g/mol. The number of aromatic nitrogens is 4. The van der Waals surface area contributed by atoms with Crippen LogP contribution in [0.2, 0.25) is 10.3 Å². The van der Waals surface area contributed by atoms with E-state index >= 15 is 0 Å². The first-order valence-electron chi connectivity index (χ1n) is 19.1. The molecule has 0 saturated carbocycles. The van der Waals surface area contributed by atoms with Gasteiger partial charge in [-0.3, -0.25) is 9.59 Å². The molecule has 2 aromatic heterocycles. The number of nitrogens with zero attached hydrogens (tertiary/aromatic N) is 4. The first-order valence-corrected chi connectivity index (χ1v) is 19.8. The van der Waals surface area contributed by atoms with Gasteiger partial charge in [-0.15, -0.1) is 20.4 Å². The molecule has 2 heterocycles. The van der Waals surface area contributed by atoms with Crippen LogP contribution in [0, 0.1) is 0 Å². The van der Waals surface area contributed by atoms with E-state index in [0.29, 0.717) is 46.4 Å². The van der Waals surface area contributed by atoms with Crippen molar-refractivity contribution in [3.63, 3.8) is 0 Å². The summed E-state index contributed by atoms with van der Waals surface area (Å²) in [6, 6.07) is 45.9. The van der Waals surface area contributed by atoms with Crippen molar-refractivity contribution in [3.8, 4) is 11.5 Å². The van der Waals surface area contributed by atoms with E-state index in [0.717, 1.165) is 49.9 Å². The number of methoxy groups -OCH3 is 2. The molecule has 300 valence electrons. The number of hydrogen-bond acceptors (Lipinski definition) is 10. The van der Waals surface area contributed by atoms with Gasteiger partial charge < -0.3 is 20.1 Å². The molecular weight excluding hydrogens is 795 g/mol. The number of ether oxygens (including phenoxy) is 2. The number of carbonyl (C=O) groups excluding carboxylic acids is 2. The molecule has 0 radical (unpaired) electrons. The van der Waals surface area contributed by atoms with E-state index in [1.807, 2.05) is 127 Å². The van der Waals surface area contributed by atoms with Crippen LogP contribution in [0.25, 0.3) is 21.5 Å². The Morgan fingerprint density at radius 1 is 0.467 bits per heavy atom. The number of fused-ring (bicyclic) bond motifs is 2. The van der Waals surface area contributed by atoms with Gasteiger partial charge in [-0.1, -0.05) is 126 Å². The molecule has 0 unspecified atom stereocenters. The van der Waals surface area contributed by atoms with Gasteiger partial charge in [-0.2, -0.15) is 0 Å². The maximum atomic E-state index is 12.9. The molecule has 0 bridgehead atoms. The number of ketones is 2. The highest BCUT2D eigenvalue weighted by Gasteiger charge is 2.15. The third kappa shape index (κ3) is 10.4. The zero-order valence-electron chi connectivity index (χ0n) is 32.9. The van der Waals surface area contributed by atoms with Gasteiger partial charge in [-0.25, -0.2) is 0 Å². The smallest absolute Gasteiger partial charge is 0.167 e. The lowest BCUT2D eigenvalue weighted by atomic mass is 10.0. The van der Waals surface area contributed by atoms with Crippen LogP contribution in [-0.2, 0) is 25.9 Å². The van der Waals surface area contributed by atoms with Gasteiger partial charge >= 0.3 is 0 Å². The first-order chi connectivity index (χ1) is 29.3. The predicted octanol–water partition coefficient (Wildman–Crippen LogP) is 10.7. The van der Waals surface area contributed by atoms with Crippen molar-refractivity contribution in [2.45, 2.75) is 25.9 Å². The van der Waals surface area contributed by atoms with Gasteiger partial charge in [0.2, 0.25) is 0 Å². The van der Waals surface area contributed by atoms with E-state index in [4.69, 9.17) is 32.7 Å². The summed E-state index contributed by atoms with van der Waals surface area (Å²) >= 11 is 12.5. The number of halogens is 2. The molecule has 8 aromatic rings. The van der Waals surface area contributed by atoms with Crippen LogP contribution in [0.5, 0.6) is 11.5 Å². The molecule has 2 N–H and O–H groups in total. The third-order valence-corrected chi connectivity index (χ3v) is 10.3. The minimum atomic E-state index is -0.00294. The summed E-state index contributed by atoms with van der Waals surface area (Å²) in [4.78, 5) is 25.7. The van der Waals surface area contributed by atoms with Crippen LogP contribution in [0.15, 0.2) is 146 Å². The Labute approximate surface area is 357 Å². The van der Waals surface area contributed by atoms with E-state index in [1.54, 1.807) is 32.4 Å². The fraction of sp³-hybridized carbons (Fsp3) is 0.125. The minimum Gasteiger partial charge on any atom is -0.497 e. The minimum absolute atomic E-state index is 0.00294. The summed E-state index contributed by atoms with van der Waals surface area (Å²) < 4.78 is 10.5. The summed E-state index contributed by atoms with van der Waals surface area (Å²) in [5, 5.41) is 26.7. The highest BCUT2D eigenvalue weighted by atomic mass is 35.5. The number of nitrogens with one attached hydrogen (secondary N) is 2. The lowest BCUT2D eigenvalue weighted by molar-refractivity contribution is 0.0985. The summed E-state index contributed by atoms with van der Waals surface area (Å²) in [6.07, 6.45) is 0.555. The second-order valence-electron chi connectivity index (χ2n) is 13.8. The van der Waals surface area contributed by atoms with E-state index in [1.165, 1.54) is 0 Å². The Morgan fingerprint density at radius 2 is 0.900 bits per heavy atom. The number of carbonyl (C=O) groups is 2. The van der Waals surface area contributed by atoms with Crippen molar-refractivity contribution in [3.05, 3.63) is 189 Å². The number of rotatable bonds is 14. The molecule has 6 aromatic carbocycles. The van der Waals surface area contributed by atoms with Crippen molar-refractivity contribution < 1.29 is 19.1 Å². The molecule has 0 aliphatic rings. The van der Waals surface area contributed by atoms with Gasteiger partial charge in [-0.05, 0) is 64.7 Å². The highest BCUT2D eigenvalue weighted by Crippen LogP contribution is 2.30. The standard InChI is InChI=1S/2C24H20ClN3O2/c1-30-19-9-5-8-17(12-19)13-22(29)18-10-11-20-21(14-18)23(25)27-28-24(20)26-15-16-6-3-2-4-7-16;1-30-19-9-5-8-17(12-19)13-22(29)18-10-11-20-21(14-18)24(28-27-23(20)25)26-15-16-6-3-2-4-7-16/h2*2-12,14H,13,15H2,1H3,(H,26,28). The molecule has 0 atom stereocenters. The van der Waals surface area contributed by atoms with Crippen LogP contribution in [0.4, 0.5) is 11.6 Å². The molecule has 0 aliphatic heterocycles. The fourth-order valence-electron chi connectivity index (χ4n) is 6.56. The Morgan fingerprint density at radius 3 is 1.40 bits per heavy atom. The van der Waals surface area contributed by atoms with Crippen molar-refractivity contribution in [1.82, 2.24) is 20.4 Å². The maximum Gasteiger partial charge on any atom is 0.167 e. The number of anilines is 2. The molecule has 0 saturated heterocycles. The molecule has 12 heteroatoms. The van der Waals surface area contributed by atoms with Crippen LogP contribution >= 0.6 is 23.2 Å². The van der Waals surface area contributed by atoms with E-state index in [-0.39, 0.29) is 29.6 Å². The topological polar surface area (TPSA) is 128 Å². The Kier molecular flexibility index (Phi) is 13.6. The van der Waals surface area contributed by atoms with Crippen molar-refractivity contribution >= 4 is 67.9 Å². The number of Topliss-reactive ketones (excluding diaryl/α,β-unsaturated/α-hetero) is 2. The van der Waals surface area contributed by atoms with E-state index in [2.05, 4.69) is 31.0 Å². The van der Waals surface area contributed by atoms with Crippen LogP contribution in [-0.4, -0.2) is 46.2 Å². The van der Waals surface area contributed by atoms with E-state index < -0.39 is 0 Å². The summed E-state index contributed by atoms with van der Waals surface area (Å²) in [6.45, 7) is 1.21. The van der Waals surface area contributed by atoms with E-state index in [9.17, 15) is 9.59 Å². The largest absolute Gasteiger partial charge is 0.497 e.